The minimum absolute atomic E-state index is 0. The zero-order chi connectivity index (χ0) is 34.4. The van der Waals surface area contributed by atoms with E-state index in [4.69, 9.17) is 24.0 Å². The molecule has 0 heterocycles. The molecule has 3 N–H and O–H groups in total. The number of hydrogen-bond acceptors (Lipinski definition) is 2. The SMILES string of the molecule is CCCCCCCCCCC(CCCCCCCC)COCC(CCCCCCCC)CCCCCCCCCC.O=P(O)(O)O.[H-].[K+]. The largest absolute Gasteiger partial charge is 1.00 e. The van der Waals surface area contributed by atoms with E-state index in [2.05, 4.69) is 27.7 Å². The van der Waals surface area contributed by atoms with E-state index in [0.717, 1.165) is 25.0 Å². The van der Waals surface area contributed by atoms with Crippen LogP contribution in [0.25, 0.3) is 0 Å². The van der Waals surface area contributed by atoms with Crippen molar-refractivity contribution in [2.24, 2.45) is 11.8 Å². The van der Waals surface area contributed by atoms with Crippen molar-refractivity contribution in [2.45, 2.75) is 233 Å². The normalized spacial score (nSPS) is 12.7. The summed E-state index contributed by atoms with van der Waals surface area (Å²) in [5.41, 5.74) is 0. The van der Waals surface area contributed by atoms with Crippen LogP contribution in [0.4, 0.5) is 0 Å². The second-order valence-corrected chi connectivity index (χ2v) is 15.4. The Morgan fingerprint density at radius 1 is 0.404 bits per heavy atom. The van der Waals surface area contributed by atoms with Crippen LogP contribution < -0.4 is 51.4 Å². The van der Waals surface area contributed by atoms with E-state index in [9.17, 15) is 0 Å². The average molecular weight is 717 g/mol. The Kier molecular flexibility index (Phi) is 49.5. The minimum atomic E-state index is -4.64. The van der Waals surface area contributed by atoms with Crippen molar-refractivity contribution in [1.29, 1.82) is 0 Å². The smallest absolute Gasteiger partial charge is 1.00 e. The Morgan fingerprint density at radius 3 is 0.766 bits per heavy atom. The molecule has 0 aromatic carbocycles. The van der Waals surface area contributed by atoms with Gasteiger partial charge in [0, 0.05) is 13.2 Å². The molecule has 0 rings (SSSR count). The fraction of sp³-hybridized carbons (Fsp3) is 1.00. The molecule has 0 aliphatic heterocycles. The number of phosphoric acid groups is 1. The Labute approximate surface area is 339 Å². The molecule has 0 radical (unpaired) electrons. The molecule has 0 fully saturated rings. The number of rotatable bonds is 36. The van der Waals surface area contributed by atoms with Crippen LogP contribution in [0.2, 0.25) is 0 Å². The Hall–Kier alpha value is 1.71. The Bertz CT molecular complexity index is 562. The molecule has 2 atom stereocenters. The van der Waals surface area contributed by atoms with Crippen LogP contribution in [0.15, 0.2) is 0 Å². The van der Waals surface area contributed by atoms with Gasteiger partial charge in [0.05, 0.1) is 0 Å². The first kappa shape index (κ1) is 53.1. The molecular formula is C40H86KO5P. The standard InChI is InChI=1S/C40H82O.K.H3O4P.H/c1-5-9-13-17-21-23-27-31-35-39(33-29-25-19-15-11-7-3)37-41-38-40(34-30-26-20-16-12-8-4)36-32-28-24-22-18-14-10-6-2;;1-5(2,3)4;/h39-40H,5-38H2,1-4H3;;(H3,1,2,3,4);/q;+1;;-1. The summed E-state index contributed by atoms with van der Waals surface area (Å²) < 4.78 is 15.5. The Morgan fingerprint density at radius 2 is 0.574 bits per heavy atom. The van der Waals surface area contributed by atoms with E-state index < -0.39 is 7.82 Å². The molecule has 0 spiro atoms. The van der Waals surface area contributed by atoms with Crippen LogP contribution >= 0.6 is 7.82 Å². The molecule has 0 aliphatic carbocycles. The predicted molar refractivity (Wildman–Crippen MR) is 204 cm³/mol. The van der Waals surface area contributed by atoms with Gasteiger partial charge in [-0.15, -0.1) is 0 Å². The minimum Gasteiger partial charge on any atom is -1.00 e. The van der Waals surface area contributed by atoms with Crippen molar-refractivity contribution in [3.8, 4) is 0 Å². The molecule has 282 valence electrons. The van der Waals surface area contributed by atoms with Crippen LogP contribution in [0.1, 0.15) is 235 Å². The van der Waals surface area contributed by atoms with Crippen molar-refractivity contribution < 1.29 is 76.8 Å². The van der Waals surface area contributed by atoms with Crippen LogP contribution in [-0.4, -0.2) is 27.9 Å². The summed E-state index contributed by atoms with van der Waals surface area (Å²) in [5, 5.41) is 0. The molecule has 47 heavy (non-hydrogen) atoms. The molecule has 0 aromatic heterocycles. The fourth-order valence-electron chi connectivity index (χ4n) is 6.58. The predicted octanol–water partition coefficient (Wildman–Crippen LogP) is 11.0. The average Bonchev–Trinajstić information content (AvgIpc) is 3.01. The second-order valence-electron chi connectivity index (χ2n) is 14.4. The van der Waals surface area contributed by atoms with Gasteiger partial charge in [-0.05, 0) is 37.5 Å². The van der Waals surface area contributed by atoms with Crippen molar-refractivity contribution in [1.82, 2.24) is 0 Å². The molecule has 0 aromatic rings. The first-order chi connectivity index (χ1) is 22.3. The maximum absolute atomic E-state index is 8.88. The van der Waals surface area contributed by atoms with Crippen molar-refractivity contribution in [3.63, 3.8) is 0 Å². The molecular weight excluding hydrogens is 631 g/mol. The van der Waals surface area contributed by atoms with Crippen LogP contribution in [-0.2, 0) is 9.30 Å². The summed E-state index contributed by atoms with van der Waals surface area (Å²) in [7, 11) is -4.64. The van der Waals surface area contributed by atoms with Crippen molar-refractivity contribution in [3.05, 3.63) is 0 Å². The van der Waals surface area contributed by atoms with Gasteiger partial charge in [-0.25, -0.2) is 4.57 Å². The van der Waals surface area contributed by atoms with Gasteiger partial charge in [0.2, 0.25) is 0 Å². The molecule has 5 nitrogen and oxygen atoms in total. The molecule has 0 saturated heterocycles. The van der Waals surface area contributed by atoms with Gasteiger partial charge in [-0.3, -0.25) is 0 Å². The molecule has 2 unspecified atom stereocenters. The first-order valence-corrected chi connectivity index (χ1v) is 22.2. The summed E-state index contributed by atoms with van der Waals surface area (Å²) in [6.07, 6.45) is 45.6. The molecule has 0 saturated carbocycles. The topological polar surface area (TPSA) is 87.0 Å². The van der Waals surface area contributed by atoms with Gasteiger partial charge < -0.3 is 20.8 Å². The van der Waals surface area contributed by atoms with Gasteiger partial charge in [0.1, 0.15) is 0 Å². The first-order valence-electron chi connectivity index (χ1n) is 20.6. The van der Waals surface area contributed by atoms with Gasteiger partial charge in [0.25, 0.3) is 0 Å². The Balaban J connectivity index is -0.00000128. The molecule has 0 aliphatic rings. The number of hydrogen-bond donors (Lipinski definition) is 3. The van der Waals surface area contributed by atoms with Gasteiger partial charge in [-0.1, -0.05) is 207 Å². The third-order valence-corrected chi connectivity index (χ3v) is 9.57. The molecule has 0 bridgehead atoms. The van der Waals surface area contributed by atoms with Gasteiger partial charge in [0.15, 0.2) is 0 Å². The zero-order valence-corrected chi connectivity index (χ0v) is 36.8. The summed E-state index contributed by atoms with van der Waals surface area (Å²) in [5.74, 6) is 1.61. The monoisotopic (exact) mass is 717 g/mol. The summed E-state index contributed by atoms with van der Waals surface area (Å²) in [4.78, 5) is 21.6. The van der Waals surface area contributed by atoms with E-state index >= 15 is 0 Å². The number of unbranched alkanes of at least 4 members (excludes halogenated alkanes) is 24. The van der Waals surface area contributed by atoms with Gasteiger partial charge >= 0.3 is 59.2 Å². The van der Waals surface area contributed by atoms with E-state index in [1.165, 1.54) is 205 Å². The third kappa shape index (κ3) is 52.2. The third-order valence-electron chi connectivity index (χ3n) is 9.57. The second kappa shape index (κ2) is 43.9. The zero-order valence-electron chi connectivity index (χ0n) is 33.8. The summed E-state index contributed by atoms with van der Waals surface area (Å²) >= 11 is 0. The van der Waals surface area contributed by atoms with E-state index in [1.807, 2.05) is 0 Å². The van der Waals surface area contributed by atoms with E-state index in [1.54, 1.807) is 0 Å². The maximum Gasteiger partial charge on any atom is 1.00 e. The molecule has 0 amide bonds. The van der Waals surface area contributed by atoms with Crippen LogP contribution in [0.3, 0.4) is 0 Å². The maximum atomic E-state index is 8.88. The number of ether oxygens (including phenoxy) is 1. The summed E-state index contributed by atoms with van der Waals surface area (Å²) in [6.45, 7) is 11.4. The van der Waals surface area contributed by atoms with E-state index in [0.29, 0.717) is 0 Å². The van der Waals surface area contributed by atoms with Crippen molar-refractivity contribution >= 4 is 7.82 Å². The van der Waals surface area contributed by atoms with Crippen molar-refractivity contribution in [2.75, 3.05) is 13.2 Å². The molecule has 7 heteroatoms. The van der Waals surface area contributed by atoms with Gasteiger partial charge in [-0.2, -0.15) is 0 Å². The van der Waals surface area contributed by atoms with E-state index in [-0.39, 0.29) is 52.8 Å². The summed E-state index contributed by atoms with van der Waals surface area (Å²) in [6, 6.07) is 0. The quantitative estimate of drug-likeness (QED) is 0.0341. The fourth-order valence-corrected chi connectivity index (χ4v) is 6.58. The van der Waals surface area contributed by atoms with Crippen LogP contribution in [0.5, 0.6) is 0 Å². The van der Waals surface area contributed by atoms with Crippen LogP contribution in [0, 0.1) is 11.8 Å².